The Morgan fingerprint density at radius 2 is 1.84 bits per heavy atom. The second-order valence-electron chi connectivity index (χ2n) is 6.17. The SMILES string of the molecule is CNN(NC)C(=O)C(C)Nc1cc(Oc2ccc(C(F)(F)F)cc2Cl)ccc1[N+](=O)[O-]. The van der Waals surface area contributed by atoms with Crippen molar-refractivity contribution in [2.45, 2.75) is 19.1 Å². The highest BCUT2D eigenvalue weighted by Gasteiger charge is 2.31. The number of nitro benzene ring substituents is 1. The van der Waals surface area contributed by atoms with E-state index in [0.29, 0.717) is 6.07 Å². The summed E-state index contributed by atoms with van der Waals surface area (Å²) in [5, 5.41) is 14.9. The molecule has 0 aliphatic rings. The molecule has 0 spiro atoms. The molecule has 0 aliphatic heterocycles. The Morgan fingerprint density at radius 1 is 1.19 bits per heavy atom. The molecule has 0 heterocycles. The molecule has 3 N–H and O–H groups in total. The number of hydrogen-bond donors (Lipinski definition) is 3. The molecule has 2 aromatic rings. The Morgan fingerprint density at radius 3 is 2.35 bits per heavy atom. The van der Waals surface area contributed by atoms with Gasteiger partial charge >= 0.3 is 6.18 Å². The third-order valence-corrected chi connectivity index (χ3v) is 4.36. The number of nitro groups is 1. The van der Waals surface area contributed by atoms with Gasteiger partial charge in [0.15, 0.2) is 0 Å². The van der Waals surface area contributed by atoms with Crippen LogP contribution in [0.25, 0.3) is 0 Å². The van der Waals surface area contributed by atoms with Crippen LogP contribution in [0.15, 0.2) is 36.4 Å². The Labute approximate surface area is 180 Å². The average Bonchev–Trinajstić information content (AvgIpc) is 2.69. The zero-order chi connectivity index (χ0) is 23.3. The van der Waals surface area contributed by atoms with Crippen LogP contribution in [-0.4, -0.2) is 36.1 Å². The van der Waals surface area contributed by atoms with Crippen LogP contribution in [0.3, 0.4) is 0 Å². The second kappa shape index (κ2) is 9.81. The molecular formula is C18H19ClF3N5O4. The van der Waals surface area contributed by atoms with Crippen molar-refractivity contribution in [3.63, 3.8) is 0 Å². The topological polar surface area (TPSA) is 109 Å². The van der Waals surface area contributed by atoms with Gasteiger partial charge in [0, 0.05) is 26.2 Å². The van der Waals surface area contributed by atoms with Crippen LogP contribution in [0.4, 0.5) is 24.5 Å². The lowest BCUT2D eigenvalue weighted by Crippen LogP contribution is -2.53. The van der Waals surface area contributed by atoms with Crippen molar-refractivity contribution in [2.24, 2.45) is 0 Å². The number of anilines is 1. The minimum absolute atomic E-state index is 0.0291. The number of alkyl halides is 3. The van der Waals surface area contributed by atoms with Gasteiger partial charge in [-0.3, -0.25) is 14.9 Å². The first-order valence-corrected chi connectivity index (χ1v) is 9.14. The predicted molar refractivity (Wildman–Crippen MR) is 108 cm³/mol. The van der Waals surface area contributed by atoms with Gasteiger partial charge in [-0.15, -0.1) is 0 Å². The number of hydrazine groups is 2. The van der Waals surface area contributed by atoms with Crippen molar-refractivity contribution >= 4 is 28.9 Å². The van der Waals surface area contributed by atoms with E-state index in [1.54, 1.807) is 0 Å². The number of halogens is 4. The van der Waals surface area contributed by atoms with Crippen LogP contribution in [-0.2, 0) is 11.0 Å². The van der Waals surface area contributed by atoms with Crippen molar-refractivity contribution in [1.82, 2.24) is 16.0 Å². The van der Waals surface area contributed by atoms with Crippen molar-refractivity contribution in [3.05, 3.63) is 57.1 Å². The van der Waals surface area contributed by atoms with E-state index in [4.69, 9.17) is 16.3 Å². The van der Waals surface area contributed by atoms with Crippen LogP contribution in [0.5, 0.6) is 11.5 Å². The molecule has 2 aromatic carbocycles. The first-order chi connectivity index (χ1) is 14.5. The van der Waals surface area contributed by atoms with Gasteiger partial charge in [-0.25, -0.2) is 16.0 Å². The summed E-state index contributed by atoms with van der Waals surface area (Å²) < 4.78 is 43.9. The van der Waals surface area contributed by atoms with Gasteiger partial charge in [-0.2, -0.15) is 13.2 Å². The van der Waals surface area contributed by atoms with Gasteiger partial charge in [0.05, 0.1) is 15.5 Å². The maximum absolute atomic E-state index is 12.8. The number of ether oxygens (including phenoxy) is 1. The fourth-order valence-corrected chi connectivity index (χ4v) is 2.78. The van der Waals surface area contributed by atoms with Gasteiger partial charge in [-0.05, 0) is 31.2 Å². The zero-order valence-corrected chi connectivity index (χ0v) is 17.3. The number of nitrogens with zero attached hydrogens (tertiary/aromatic N) is 2. The Balaban J connectivity index is 2.31. The number of benzene rings is 2. The maximum atomic E-state index is 12.8. The monoisotopic (exact) mass is 461 g/mol. The maximum Gasteiger partial charge on any atom is 0.416 e. The van der Waals surface area contributed by atoms with Crippen LogP contribution < -0.4 is 20.9 Å². The second-order valence-corrected chi connectivity index (χ2v) is 6.58. The fourth-order valence-electron chi connectivity index (χ4n) is 2.56. The van der Waals surface area contributed by atoms with Crippen molar-refractivity contribution in [3.8, 4) is 11.5 Å². The quantitative estimate of drug-likeness (QED) is 0.403. The summed E-state index contributed by atoms with van der Waals surface area (Å²) in [6, 6.07) is 5.33. The summed E-state index contributed by atoms with van der Waals surface area (Å²) in [5.41, 5.74) is 3.90. The smallest absolute Gasteiger partial charge is 0.416 e. The minimum atomic E-state index is -4.57. The van der Waals surface area contributed by atoms with Crippen LogP contribution >= 0.6 is 11.6 Å². The number of amides is 1. The Bertz CT molecular complexity index is 970. The van der Waals surface area contributed by atoms with Gasteiger partial charge in [0.2, 0.25) is 0 Å². The minimum Gasteiger partial charge on any atom is -0.456 e. The van der Waals surface area contributed by atoms with E-state index in [2.05, 4.69) is 16.2 Å². The molecule has 0 saturated carbocycles. The molecule has 31 heavy (non-hydrogen) atoms. The van der Waals surface area contributed by atoms with Crippen LogP contribution in [0.2, 0.25) is 5.02 Å². The molecule has 9 nitrogen and oxygen atoms in total. The highest BCUT2D eigenvalue weighted by atomic mass is 35.5. The molecule has 1 unspecified atom stereocenters. The van der Waals surface area contributed by atoms with Crippen LogP contribution in [0, 0.1) is 10.1 Å². The summed E-state index contributed by atoms with van der Waals surface area (Å²) in [7, 11) is 3.01. The number of nitrogens with one attached hydrogen (secondary N) is 3. The van der Waals surface area contributed by atoms with Gasteiger partial charge in [0.25, 0.3) is 11.6 Å². The van der Waals surface area contributed by atoms with E-state index in [1.165, 1.54) is 33.2 Å². The van der Waals surface area contributed by atoms with E-state index in [-0.39, 0.29) is 27.9 Å². The largest absolute Gasteiger partial charge is 0.456 e. The first kappa shape index (κ1) is 24.2. The molecule has 1 amide bonds. The summed E-state index contributed by atoms with van der Waals surface area (Å²) >= 11 is 5.89. The summed E-state index contributed by atoms with van der Waals surface area (Å²) in [4.78, 5) is 23.1. The first-order valence-electron chi connectivity index (χ1n) is 8.76. The molecule has 0 radical (unpaired) electrons. The molecule has 0 bridgehead atoms. The van der Waals surface area contributed by atoms with Crippen molar-refractivity contribution in [1.29, 1.82) is 0 Å². The zero-order valence-electron chi connectivity index (χ0n) is 16.6. The number of carbonyl (C=O) groups excluding carboxylic acids is 1. The molecular weight excluding hydrogens is 443 g/mol. The fraction of sp³-hybridized carbons (Fsp3) is 0.278. The lowest BCUT2D eigenvalue weighted by atomic mass is 10.2. The summed E-state index contributed by atoms with van der Waals surface area (Å²) in [5.74, 6) is -0.472. The highest BCUT2D eigenvalue weighted by molar-refractivity contribution is 6.32. The van der Waals surface area contributed by atoms with Gasteiger partial charge < -0.3 is 10.1 Å². The van der Waals surface area contributed by atoms with E-state index in [0.717, 1.165) is 23.3 Å². The molecule has 2 rings (SSSR count). The molecule has 168 valence electrons. The molecule has 1 atom stereocenters. The Kier molecular flexibility index (Phi) is 7.65. The number of hydrogen-bond acceptors (Lipinski definition) is 7. The normalized spacial score (nSPS) is 12.2. The van der Waals surface area contributed by atoms with Crippen molar-refractivity contribution in [2.75, 3.05) is 19.4 Å². The van der Waals surface area contributed by atoms with E-state index < -0.39 is 28.6 Å². The number of rotatable bonds is 8. The molecule has 0 saturated heterocycles. The summed E-state index contributed by atoms with van der Waals surface area (Å²) in [6.45, 7) is 1.49. The van der Waals surface area contributed by atoms with Crippen LogP contribution in [0.1, 0.15) is 12.5 Å². The molecule has 0 aromatic heterocycles. The summed E-state index contributed by atoms with van der Waals surface area (Å²) in [6.07, 6.45) is -4.57. The lowest BCUT2D eigenvalue weighted by Gasteiger charge is -2.24. The van der Waals surface area contributed by atoms with E-state index in [1.807, 2.05) is 0 Å². The Hall–Kier alpha value is -3.09. The molecule has 13 heteroatoms. The number of carbonyl (C=O) groups is 1. The van der Waals surface area contributed by atoms with Gasteiger partial charge in [0.1, 0.15) is 23.2 Å². The third-order valence-electron chi connectivity index (χ3n) is 4.06. The van der Waals surface area contributed by atoms with Crippen molar-refractivity contribution < 1.29 is 27.6 Å². The van der Waals surface area contributed by atoms with Gasteiger partial charge in [-0.1, -0.05) is 11.6 Å². The predicted octanol–water partition coefficient (Wildman–Crippen LogP) is 3.96. The molecule has 0 aliphatic carbocycles. The molecule has 0 fully saturated rings. The third kappa shape index (κ3) is 5.96. The van der Waals surface area contributed by atoms with E-state index >= 15 is 0 Å². The standard InChI is InChI=1S/C18H19ClF3N5O4/c1-10(17(28)26(23-2)24-3)25-14-9-12(5-6-15(14)27(29)30)31-16-7-4-11(8-13(16)19)18(20,21)22/h4-10,23-25H,1-3H3. The highest BCUT2D eigenvalue weighted by Crippen LogP contribution is 2.38. The van der Waals surface area contributed by atoms with E-state index in [9.17, 15) is 28.1 Å². The lowest BCUT2D eigenvalue weighted by molar-refractivity contribution is -0.384. The average molecular weight is 462 g/mol.